The van der Waals surface area contributed by atoms with Crippen LogP contribution >= 0.6 is 0 Å². The lowest BCUT2D eigenvalue weighted by Crippen LogP contribution is -2.39. The van der Waals surface area contributed by atoms with E-state index in [0.29, 0.717) is 19.4 Å². The molecule has 0 atom stereocenters. The smallest absolute Gasteiger partial charge is 0.376 e. The van der Waals surface area contributed by atoms with Gasteiger partial charge in [0.1, 0.15) is 0 Å². The molecule has 1 aliphatic rings. The van der Waals surface area contributed by atoms with Gasteiger partial charge in [-0.3, -0.25) is 0 Å². The van der Waals surface area contributed by atoms with Crippen LogP contribution in [0.2, 0.25) is 0 Å². The third-order valence-corrected chi connectivity index (χ3v) is 2.14. The second-order valence-corrected chi connectivity index (χ2v) is 3.97. The van der Waals surface area contributed by atoms with E-state index in [9.17, 15) is 9.59 Å². The quantitative estimate of drug-likeness (QED) is 0.425. The number of hydrogen-bond acceptors (Lipinski definition) is 5. The van der Waals surface area contributed by atoms with Crippen LogP contribution in [-0.4, -0.2) is 24.5 Å². The van der Waals surface area contributed by atoms with Gasteiger partial charge in [-0.05, 0) is 20.3 Å². The standard InChI is InChI=1S/C12H16O5/c1-8(2)10(13)16-12(6-5-7-15-12)17-11(14)9(3)4/h1,3,5-7H2,2,4H3. The van der Waals surface area contributed by atoms with Crippen LogP contribution in [0.3, 0.4) is 0 Å². The number of esters is 2. The van der Waals surface area contributed by atoms with Crippen molar-refractivity contribution in [3.8, 4) is 0 Å². The molecule has 0 amide bonds. The van der Waals surface area contributed by atoms with Gasteiger partial charge in [0.2, 0.25) is 0 Å². The summed E-state index contributed by atoms with van der Waals surface area (Å²) in [5.41, 5.74) is 0.428. The summed E-state index contributed by atoms with van der Waals surface area (Å²) in [5.74, 6) is -2.92. The summed E-state index contributed by atoms with van der Waals surface area (Å²) in [6.07, 6.45) is 0.956. The fourth-order valence-electron chi connectivity index (χ4n) is 1.23. The average molecular weight is 240 g/mol. The predicted molar refractivity (Wildman–Crippen MR) is 59.7 cm³/mol. The maximum Gasteiger partial charge on any atom is 0.376 e. The normalized spacial score (nSPS) is 17.3. The van der Waals surface area contributed by atoms with E-state index in [-0.39, 0.29) is 11.1 Å². The third kappa shape index (κ3) is 3.42. The summed E-state index contributed by atoms with van der Waals surface area (Å²) in [6.45, 7) is 10.3. The van der Waals surface area contributed by atoms with Gasteiger partial charge in [-0.2, -0.15) is 0 Å². The van der Waals surface area contributed by atoms with Gasteiger partial charge >= 0.3 is 17.9 Å². The van der Waals surface area contributed by atoms with Crippen LogP contribution in [0.25, 0.3) is 0 Å². The topological polar surface area (TPSA) is 61.8 Å². The maximum absolute atomic E-state index is 11.4. The molecule has 1 rings (SSSR count). The molecule has 5 nitrogen and oxygen atoms in total. The molecule has 94 valence electrons. The molecule has 0 aromatic heterocycles. The highest BCUT2D eigenvalue weighted by Crippen LogP contribution is 2.30. The van der Waals surface area contributed by atoms with Gasteiger partial charge in [-0.15, -0.1) is 0 Å². The van der Waals surface area contributed by atoms with E-state index in [4.69, 9.17) is 14.2 Å². The highest BCUT2D eigenvalue weighted by Gasteiger charge is 2.44. The van der Waals surface area contributed by atoms with Gasteiger partial charge < -0.3 is 14.2 Å². The van der Waals surface area contributed by atoms with Gasteiger partial charge in [0, 0.05) is 11.1 Å². The van der Waals surface area contributed by atoms with Crippen LogP contribution in [0.5, 0.6) is 0 Å². The molecule has 0 bridgehead atoms. The molecule has 1 aliphatic heterocycles. The van der Waals surface area contributed by atoms with Crippen molar-refractivity contribution in [3.63, 3.8) is 0 Å². The highest BCUT2D eigenvalue weighted by atomic mass is 16.9. The second-order valence-electron chi connectivity index (χ2n) is 3.97. The molecule has 5 heteroatoms. The molecule has 1 fully saturated rings. The van der Waals surface area contributed by atoms with Gasteiger partial charge in [0.05, 0.1) is 13.0 Å². The lowest BCUT2D eigenvalue weighted by Gasteiger charge is -2.27. The SMILES string of the molecule is C=C(C)C(=O)OC1(OC(=O)C(=C)C)CCCO1. The van der Waals surface area contributed by atoms with E-state index < -0.39 is 17.9 Å². The highest BCUT2D eigenvalue weighted by molar-refractivity contribution is 5.88. The molecule has 1 saturated heterocycles. The zero-order chi connectivity index (χ0) is 13.1. The van der Waals surface area contributed by atoms with Crippen molar-refractivity contribution in [2.45, 2.75) is 32.7 Å². The molecule has 0 aromatic rings. The monoisotopic (exact) mass is 240 g/mol. The summed E-state index contributed by atoms with van der Waals surface area (Å²) >= 11 is 0. The molecule has 0 radical (unpaired) electrons. The summed E-state index contributed by atoms with van der Waals surface area (Å²) in [7, 11) is 0. The molecule has 0 saturated carbocycles. The summed E-state index contributed by atoms with van der Waals surface area (Å²) in [6, 6.07) is 0. The number of rotatable bonds is 4. The molecule has 1 heterocycles. The minimum Gasteiger partial charge on any atom is -0.394 e. The molecule has 0 aromatic carbocycles. The average Bonchev–Trinajstić information content (AvgIpc) is 2.66. The number of hydrogen-bond donors (Lipinski definition) is 0. The van der Waals surface area contributed by atoms with Crippen LogP contribution in [0.1, 0.15) is 26.7 Å². The summed E-state index contributed by atoms with van der Waals surface area (Å²) in [4.78, 5) is 22.9. The minimum atomic E-state index is -1.62. The zero-order valence-electron chi connectivity index (χ0n) is 10.1. The van der Waals surface area contributed by atoms with Gasteiger partial charge in [-0.25, -0.2) is 9.59 Å². The zero-order valence-corrected chi connectivity index (χ0v) is 10.1. The number of ether oxygens (including phenoxy) is 3. The molecular weight excluding hydrogens is 224 g/mol. The Hall–Kier alpha value is -1.62. The van der Waals surface area contributed by atoms with Crippen molar-refractivity contribution in [2.24, 2.45) is 0 Å². The van der Waals surface area contributed by atoms with Crippen molar-refractivity contribution in [1.29, 1.82) is 0 Å². The molecule has 0 aliphatic carbocycles. The van der Waals surface area contributed by atoms with E-state index in [0.717, 1.165) is 0 Å². The van der Waals surface area contributed by atoms with E-state index in [1.165, 1.54) is 13.8 Å². The number of carbonyl (C=O) groups excluding carboxylic acids is 2. The first-order chi connectivity index (χ1) is 7.86. The molecule has 0 unspecified atom stereocenters. The third-order valence-electron chi connectivity index (χ3n) is 2.14. The second kappa shape index (κ2) is 5.14. The van der Waals surface area contributed by atoms with Crippen LogP contribution in [0.15, 0.2) is 24.3 Å². The maximum atomic E-state index is 11.4. The molecular formula is C12H16O5. The summed E-state index contributed by atoms with van der Waals surface area (Å²) in [5, 5.41) is 0. The summed E-state index contributed by atoms with van der Waals surface area (Å²) < 4.78 is 15.3. The van der Waals surface area contributed by atoms with Crippen molar-refractivity contribution in [1.82, 2.24) is 0 Å². The molecule has 0 N–H and O–H groups in total. The Morgan fingerprint density at radius 2 is 1.59 bits per heavy atom. The Morgan fingerprint density at radius 1 is 1.12 bits per heavy atom. The lowest BCUT2D eigenvalue weighted by molar-refractivity contribution is -0.323. The Morgan fingerprint density at radius 3 is 1.88 bits per heavy atom. The van der Waals surface area contributed by atoms with Crippen LogP contribution < -0.4 is 0 Å². The Balaban J connectivity index is 2.76. The Kier molecular flexibility index (Phi) is 4.07. The molecule has 0 spiro atoms. The minimum absolute atomic E-state index is 0.214. The molecule has 17 heavy (non-hydrogen) atoms. The lowest BCUT2D eigenvalue weighted by atomic mass is 10.3. The van der Waals surface area contributed by atoms with Crippen molar-refractivity contribution in [2.75, 3.05) is 6.61 Å². The Bertz CT molecular complexity index is 333. The van der Waals surface area contributed by atoms with Crippen LogP contribution in [0.4, 0.5) is 0 Å². The first-order valence-corrected chi connectivity index (χ1v) is 5.28. The Labute approximate surface area is 100 Å². The fraction of sp³-hybridized carbons (Fsp3) is 0.500. The van der Waals surface area contributed by atoms with Gasteiger partial charge in [0.15, 0.2) is 0 Å². The van der Waals surface area contributed by atoms with Crippen molar-refractivity contribution < 1.29 is 23.8 Å². The first kappa shape index (κ1) is 13.4. The van der Waals surface area contributed by atoms with E-state index in [2.05, 4.69) is 13.2 Å². The number of carbonyl (C=O) groups is 2. The largest absolute Gasteiger partial charge is 0.394 e. The predicted octanol–water partition coefficient (Wildman–Crippen LogP) is 1.69. The van der Waals surface area contributed by atoms with Crippen molar-refractivity contribution >= 4 is 11.9 Å². The van der Waals surface area contributed by atoms with Gasteiger partial charge in [-0.1, -0.05) is 13.2 Å². The van der Waals surface area contributed by atoms with Crippen molar-refractivity contribution in [3.05, 3.63) is 24.3 Å². The van der Waals surface area contributed by atoms with E-state index in [1.54, 1.807) is 0 Å². The van der Waals surface area contributed by atoms with Gasteiger partial charge in [0.25, 0.3) is 0 Å². The fourth-order valence-corrected chi connectivity index (χ4v) is 1.23. The first-order valence-electron chi connectivity index (χ1n) is 5.28. The van der Waals surface area contributed by atoms with Crippen LogP contribution in [-0.2, 0) is 23.8 Å². The van der Waals surface area contributed by atoms with E-state index in [1.807, 2.05) is 0 Å². The van der Waals surface area contributed by atoms with Crippen LogP contribution in [0, 0.1) is 0 Å². The van der Waals surface area contributed by atoms with E-state index >= 15 is 0 Å².